The minimum Gasteiger partial charge on any atom is -0.369 e. The molecule has 0 bridgehead atoms. The third-order valence-corrected chi connectivity index (χ3v) is 7.64. The lowest BCUT2D eigenvalue weighted by Crippen LogP contribution is -2.08. The van der Waals surface area contributed by atoms with Crippen LogP contribution in [0.4, 0.5) is 11.6 Å². The van der Waals surface area contributed by atoms with Gasteiger partial charge >= 0.3 is 0 Å². The number of halogens is 2. The van der Waals surface area contributed by atoms with Crippen molar-refractivity contribution in [2.24, 2.45) is 0 Å². The summed E-state index contributed by atoms with van der Waals surface area (Å²) < 4.78 is 2.48. The highest BCUT2D eigenvalue weighted by Crippen LogP contribution is 2.34. The number of hydrogen-bond acceptors (Lipinski definition) is 6. The van der Waals surface area contributed by atoms with Crippen LogP contribution in [0.5, 0.6) is 0 Å². The second-order valence-corrected chi connectivity index (χ2v) is 9.67. The third-order valence-electron chi connectivity index (χ3n) is 5.80. The summed E-state index contributed by atoms with van der Waals surface area (Å²) >= 11 is 3.51. The second kappa shape index (κ2) is 10.7. The number of hydrogen-bond donors (Lipinski definition) is 2. The summed E-state index contributed by atoms with van der Waals surface area (Å²) in [6.07, 6.45) is 2.13. The van der Waals surface area contributed by atoms with Crippen LogP contribution in [0.3, 0.4) is 0 Å². The number of para-hydroxylation sites is 2. The van der Waals surface area contributed by atoms with E-state index in [9.17, 15) is 0 Å². The van der Waals surface area contributed by atoms with Crippen LogP contribution < -0.4 is 10.6 Å². The maximum absolute atomic E-state index is 4.87. The number of aromatic nitrogens is 2. The van der Waals surface area contributed by atoms with Crippen LogP contribution in [0, 0.1) is 0 Å². The van der Waals surface area contributed by atoms with E-state index in [2.05, 4.69) is 69.9 Å². The Labute approximate surface area is 218 Å². The molecule has 0 amide bonds. The highest BCUT2D eigenvalue weighted by molar-refractivity contribution is 7.18. The van der Waals surface area contributed by atoms with Gasteiger partial charge in [0.25, 0.3) is 0 Å². The van der Waals surface area contributed by atoms with Crippen LogP contribution in [0.1, 0.15) is 12.8 Å². The van der Waals surface area contributed by atoms with E-state index in [1.807, 2.05) is 12.1 Å². The smallest absolute Gasteiger partial charge is 0.144 e. The van der Waals surface area contributed by atoms with Crippen LogP contribution in [0.15, 0.2) is 71.4 Å². The minimum atomic E-state index is 0. The molecule has 0 aliphatic heterocycles. The topological polar surface area (TPSA) is 49.8 Å². The number of nitrogens with zero attached hydrogens (tertiary/aromatic N) is 2. The minimum absolute atomic E-state index is 0. The van der Waals surface area contributed by atoms with Crippen molar-refractivity contribution in [3.05, 3.63) is 71.4 Å². The summed E-state index contributed by atoms with van der Waals surface area (Å²) in [5.41, 5.74) is 2.09. The van der Waals surface area contributed by atoms with Gasteiger partial charge < -0.3 is 10.6 Å². The highest BCUT2D eigenvalue weighted by atomic mass is 35.5. The molecule has 0 unspecified atom stereocenters. The van der Waals surface area contributed by atoms with Crippen molar-refractivity contribution in [2.45, 2.75) is 12.8 Å². The zero-order valence-corrected chi connectivity index (χ0v) is 21.6. The van der Waals surface area contributed by atoms with Gasteiger partial charge in [0.05, 0.1) is 20.4 Å². The van der Waals surface area contributed by atoms with E-state index in [4.69, 9.17) is 9.97 Å². The van der Waals surface area contributed by atoms with Crippen molar-refractivity contribution in [3.8, 4) is 0 Å². The molecule has 2 aromatic carbocycles. The van der Waals surface area contributed by atoms with Gasteiger partial charge in [0.1, 0.15) is 11.6 Å². The monoisotopic (exact) mass is 526 g/mol. The van der Waals surface area contributed by atoms with Gasteiger partial charge in [-0.15, -0.1) is 47.5 Å². The van der Waals surface area contributed by atoms with E-state index in [1.54, 1.807) is 22.7 Å². The lowest BCUT2D eigenvalue weighted by atomic mass is 10.1. The summed E-state index contributed by atoms with van der Waals surface area (Å²) in [5, 5.41) is 16.5. The average Bonchev–Trinajstić information content (AvgIpc) is 3.52. The summed E-state index contributed by atoms with van der Waals surface area (Å²) in [7, 11) is 0. The van der Waals surface area contributed by atoms with Crippen LogP contribution in [0.25, 0.3) is 42.0 Å². The Kier molecular flexibility index (Phi) is 7.73. The molecule has 0 saturated carbocycles. The Balaban J connectivity index is 0.00000137. The summed E-state index contributed by atoms with van der Waals surface area (Å²) in [6.45, 7) is 1.80. The predicted molar refractivity (Wildman–Crippen MR) is 155 cm³/mol. The molecular weight excluding hydrogens is 503 g/mol. The van der Waals surface area contributed by atoms with Crippen molar-refractivity contribution in [1.29, 1.82) is 0 Å². The van der Waals surface area contributed by atoms with Crippen LogP contribution in [-0.2, 0) is 0 Å². The highest BCUT2D eigenvalue weighted by Gasteiger charge is 2.10. The Morgan fingerprint density at radius 3 is 1.47 bits per heavy atom. The average molecular weight is 528 g/mol. The molecule has 2 N–H and O–H groups in total. The molecule has 174 valence electrons. The second-order valence-electron chi connectivity index (χ2n) is 7.84. The van der Waals surface area contributed by atoms with Gasteiger partial charge in [-0.2, -0.15) is 0 Å². The molecule has 0 atom stereocenters. The Morgan fingerprint density at radius 2 is 1.00 bits per heavy atom. The molecule has 4 heterocycles. The van der Waals surface area contributed by atoms with Crippen molar-refractivity contribution >= 4 is 101 Å². The molecule has 34 heavy (non-hydrogen) atoms. The van der Waals surface area contributed by atoms with Gasteiger partial charge in [0.15, 0.2) is 0 Å². The fraction of sp³-hybridized carbons (Fsp3) is 0.154. The largest absolute Gasteiger partial charge is 0.369 e. The van der Waals surface area contributed by atoms with E-state index in [0.29, 0.717) is 0 Å². The van der Waals surface area contributed by atoms with Crippen LogP contribution in [0.2, 0.25) is 0 Å². The fourth-order valence-electron chi connectivity index (χ4n) is 4.25. The van der Waals surface area contributed by atoms with E-state index < -0.39 is 0 Å². The number of rotatable bonds is 7. The van der Waals surface area contributed by atoms with Gasteiger partial charge in [-0.1, -0.05) is 36.4 Å². The van der Waals surface area contributed by atoms with E-state index >= 15 is 0 Å². The maximum Gasteiger partial charge on any atom is 0.144 e. The lowest BCUT2D eigenvalue weighted by Gasteiger charge is -2.11. The lowest BCUT2D eigenvalue weighted by molar-refractivity contribution is 0.793. The molecule has 0 aliphatic carbocycles. The first-order chi connectivity index (χ1) is 15.9. The van der Waals surface area contributed by atoms with Crippen LogP contribution >= 0.6 is 47.5 Å². The van der Waals surface area contributed by atoms with E-state index in [0.717, 1.165) is 48.6 Å². The molecule has 0 radical (unpaired) electrons. The van der Waals surface area contributed by atoms with Crippen molar-refractivity contribution in [1.82, 2.24) is 9.97 Å². The van der Waals surface area contributed by atoms with Gasteiger partial charge in [-0.3, -0.25) is 0 Å². The SMILES string of the molecule is Cl.Cl.c1ccc2c(c1)nc(NCCCCNc1nc3ccccc3c3ccsc13)c1sccc12. The fourth-order valence-corrected chi connectivity index (χ4v) is 6.00. The standard InChI is InChI=1S/C26H22N4S2.2ClH/c1-3-9-21-17(7-1)19-11-15-31-23(19)25(29-21)27-13-5-6-14-28-26-24-20(12-16-32-24)18-8-2-4-10-22(18)30-26;;/h1-4,7-12,15-16H,5-6,13-14H2,(H,27,29)(H,28,30);2*1H. The number of unbranched alkanes of at least 4 members (excludes halogenated alkanes) is 1. The first-order valence-electron chi connectivity index (χ1n) is 10.9. The molecule has 0 spiro atoms. The number of fused-ring (bicyclic) bond motifs is 6. The Hall–Kier alpha value is -2.64. The quantitative estimate of drug-likeness (QED) is 0.205. The molecule has 6 aromatic rings. The Morgan fingerprint density at radius 1 is 0.559 bits per heavy atom. The van der Waals surface area contributed by atoms with Gasteiger partial charge in [0.2, 0.25) is 0 Å². The first-order valence-corrected chi connectivity index (χ1v) is 12.6. The summed E-state index contributed by atoms with van der Waals surface area (Å²) in [6, 6.07) is 21.1. The molecular formula is C26H24Cl2N4S2. The zero-order valence-electron chi connectivity index (χ0n) is 18.3. The number of nitrogens with one attached hydrogen (secondary N) is 2. The molecule has 8 heteroatoms. The molecule has 4 aromatic heterocycles. The normalized spacial score (nSPS) is 10.9. The summed E-state index contributed by atoms with van der Waals surface area (Å²) in [4.78, 5) is 9.75. The molecule has 0 fully saturated rings. The van der Waals surface area contributed by atoms with E-state index in [1.165, 1.54) is 30.9 Å². The molecule has 0 saturated heterocycles. The number of thiophene rings is 2. The maximum atomic E-state index is 4.87. The van der Waals surface area contributed by atoms with Gasteiger partial charge in [-0.05, 0) is 47.9 Å². The zero-order chi connectivity index (χ0) is 21.3. The molecule has 0 aliphatic rings. The number of pyridine rings is 2. The predicted octanol–water partition coefficient (Wildman–Crippen LogP) is 8.36. The first kappa shape index (κ1) is 24.5. The molecule has 6 rings (SSSR count). The summed E-state index contributed by atoms with van der Waals surface area (Å²) in [5.74, 6) is 2.00. The van der Waals surface area contributed by atoms with Gasteiger partial charge in [-0.25, -0.2) is 9.97 Å². The number of anilines is 2. The van der Waals surface area contributed by atoms with Gasteiger partial charge in [0, 0.05) is 34.6 Å². The Bertz CT molecular complexity index is 1440. The number of benzene rings is 2. The van der Waals surface area contributed by atoms with Crippen molar-refractivity contribution < 1.29 is 0 Å². The van der Waals surface area contributed by atoms with Crippen LogP contribution in [-0.4, -0.2) is 23.1 Å². The third kappa shape index (κ3) is 4.51. The van der Waals surface area contributed by atoms with E-state index in [-0.39, 0.29) is 24.8 Å². The van der Waals surface area contributed by atoms with Crippen molar-refractivity contribution in [2.75, 3.05) is 23.7 Å². The van der Waals surface area contributed by atoms with Crippen molar-refractivity contribution in [3.63, 3.8) is 0 Å². The molecule has 4 nitrogen and oxygen atoms in total.